The third kappa shape index (κ3) is 2.33. The molecule has 96 valence electrons. The molecule has 6 heteroatoms. The minimum absolute atomic E-state index is 0.256. The van der Waals surface area contributed by atoms with Crippen LogP contribution in [0.3, 0.4) is 0 Å². The van der Waals surface area contributed by atoms with Crippen LogP contribution < -0.4 is 10.5 Å². The number of hydrogen-bond acceptors (Lipinski definition) is 6. The SMILES string of the molecule is COc1ccc2nc(Cc3cnc(N)nc3)oc2c1. The van der Waals surface area contributed by atoms with Crippen molar-refractivity contribution in [3.63, 3.8) is 0 Å². The van der Waals surface area contributed by atoms with E-state index in [1.54, 1.807) is 19.5 Å². The predicted molar refractivity (Wildman–Crippen MR) is 69.8 cm³/mol. The van der Waals surface area contributed by atoms with E-state index in [0.717, 1.165) is 16.8 Å². The molecule has 0 saturated carbocycles. The van der Waals surface area contributed by atoms with Crippen molar-refractivity contribution in [2.75, 3.05) is 12.8 Å². The molecule has 3 aromatic rings. The lowest BCUT2D eigenvalue weighted by molar-refractivity contribution is 0.414. The molecule has 0 spiro atoms. The number of fused-ring (bicyclic) bond motifs is 1. The van der Waals surface area contributed by atoms with Gasteiger partial charge in [0.25, 0.3) is 0 Å². The molecule has 0 aliphatic carbocycles. The average Bonchev–Trinajstić information content (AvgIpc) is 2.82. The van der Waals surface area contributed by atoms with Gasteiger partial charge in [0.05, 0.1) is 13.5 Å². The molecule has 0 fully saturated rings. The minimum Gasteiger partial charge on any atom is -0.497 e. The Bertz CT molecular complexity index is 706. The van der Waals surface area contributed by atoms with Gasteiger partial charge in [-0.25, -0.2) is 15.0 Å². The Morgan fingerprint density at radius 2 is 2.05 bits per heavy atom. The maximum absolute atomic E-state index is 5.67. The zero-order chi connectivity index (χ0) is 13.2. The number of nitrogens with two attached hydrogens (primary N) is 1. The van der Waals surface area contributed by atoms with E-state index in [1.807, 2.05) is 18.2 Å². The Morgan fingerprint density at radius 1 is 1.26 bits per heavy atom. The summed E-state index contributed by atoms with van der Waals surface area (Å²) in [7, 11) is 1.62. The Kier molecular flexibility index (Phi) is 2.75. The van der Waals surface area contributed by atoms with Crippen LogP contribution in [0.25, 0.3) is 11.1 Å². The molecule has 0 aliphatic heterocycles. The third-order valence-electron chi connectivity index (χ3n) is 2.72. The third-order valence-corrected chi connectivity index (χ3v) is 2.72. The fourth-order valence-electron chi connectivity index (χ4n) is 1.79. The van der Waals surface area contributed by atoms with Gasteiger partial charge in [-0.2, -0.15) is 0 Å². The monoisotopic (exact) mass is 256 g/mol. The number of rotatable bonds is 3. The lowest BCUT2D eigenvalue weighted by atomic mass is 10.2. The van der Waals surface area contributed by atoms with Gasteiger partial charge >= 0.3 is 0 Å². The normalized spacial score (nSPS) is 10.8. The summed E-state index contributed by atoms with van der Waals surface area (Å²) >= 11 is 0. The summed E-state index contributed by atoms with van der Waals surface area (Å²) in [5.41, 5.74) is 7.83. The van der Waals surface area contributed by atoms with Gasteiger partial charge in [-0.15, -0.1) is 0 Å². The van der Waals surface area contributed by atoms with E-state index in [1.165, 1.54) is 0 Å². The Labute approximate surface area is 109 Å². The van der Waals surface area contributed by atoms with E-state index in [2.05, 4.69) is 15.0 Å². The Hall–Kier alpha value is -2.63. The van der Waals surface area contributed by atoms with Gasteiger partial charge in [0, 0.05) is 18.5 Å². The topological polar surface area (TPSA) is 87.1 Å². The summed E-state index contributed by atoms with van der Waals surface area (Å²) in [6, 6.07) is 5.52. The molecule has 2 aromatic heterocycles. The van der Waals surface area contributed by atoms with E-state index < -0.39 is 0 Å². The Morgan fingerprint density at radius 3 is 2.79 bits per heavy atom. The van der Waals surface area contributed by atoms with Crippen LogP contribution in [-0.4, -0.2) is 22.1 Å². The van der Waals surface area contributed by atoms with Gasteiger partial charge in [-0.3, -0.25) is 0 Å². The molecule has 0 amide bonds. The van der Waals surface area contributed by atoms with Crippen LogP contribution in [0.5, 0.6) is 5.75 Å². The zero-order valence-corrected chi connectivity index (χ0v) is 10.3. The molecule has 6 nitrogen and oxygen atoms in total. The standard InChI is InChI=1S/C13H12N4O2/c1-18-9-2-3-10-11(5-9)19-12(17-10)4-8-6-15-13(14)16-7-8/h2-3,5-7H,4H2,1H3,(H2,14,15,16). The summed E-state index contributed by atoms with van der Waals surface area (Å²) in [4.78, 5) is 12.3. The van der Waals surface area contributed by atoms with E-state index in [-0.39, 0.29) is 5.95 Å². The van der Waals surface area contributed by atoms with Crippen molar-refractivity contribution in [1.29, 1.82) is 0 Å². The van der Waals surface area contributed by atoms with E-state index in [9.17, 15) is 0 Å². The van der Waals surface area contributed by atoms with Crippen molar-refractivity contribution in [1.82, 2.24) is 15.0 Å². The van der Waals surface area contributed by atoms with Crippen LogP contribution in [0, 0.1) is 0 Å². The highest BCUT2D eigenvalue weighted by atomic mass is 16.5. The van der Waals surface area contributed by atoms with E-state index in [0.29, 0.717) is 17.9 Å². The second-order valence-electron chi connectivity index (χ2n) is 4.07. The smallest absolute Gasteiger partial charge is 0.219 e. The first kappa shape index (κ1) is 11.5. The molecule has 2 heterocycles. The molecule has 0 unspecified atom stereocenters. The second-order valence-corrected chi connectivity index (χ2v) is 4.07. The molecule has 0 atom stereocenters. The molecule has 0 bridgehead atoms. The number of hydrogen-bond donors (Lipinski definition) is 1. The largest absolute Gasteiger partial charge is 0.497 e. The molecule has 19 heavy (non-hydrogen) atoms. The van der Waals surface area contributed by atoms with Crippen molar-refractivity contribution in [3.8, 4) is 5.75 Å². The second kappa shape index (κ2) is 4.56. The minimum atomic E-state index is 0.256. The number of ether oxygens (including phenoxy) is 1. The first-order valence-corrected chi connectivity index (χ1v) is 5.74. The molecule has 2 N–H and O–H groups in total. The Balaban J connectivity index is 1.90. The number of oxazole rings is 1. The van der Waals surface area contributed by atoms with Crippen molar-refractivity contribution in [2.45, 2.75) is 6.42 Å². The number of benzene rings is 1. The van der Waals surface area contributed by atoms with Gasteiger partial charge in [0.2, 0.25) is 5.95 Å². The van der Waals surface area contributed by atoms with Crippen LogP contribution in [0.1, 0.15) is 11.5 Å². The van der Waals surface area contributed by atoms with Crippen molar-refractivity contribution < 1.29 is 9.15 Å². The van der Waals surface area contributed by atoms with E-state index >= 15 is 0 Å². The predicted octanol–water partition coefficient (Wildman–Crippen LogP) is 1.80. The number of aromatic nitrogens is 3. The number of nitrogens with zero attached hydrogens (tertiary/aromatic N) is 3. The lowest BCUT2D eigenvalue weighted by Crippen LogP contribution is -1.96. The summed E-state index contributed by atoms with van der Waals surface area (Å²) in [6.07, 6.45) is 3.85. The molecule has 0 saturated heterocycles. The van der Waals surface area contributed by atoms with Crippen molar-refractivity contribution in [2.24, 2.45) is 0 Å². The highest BCUT2D eigenvalue weighted by Gasteiger charge is 2.08. The number of methoxy groups -OCH3 is 1. The van der Waals surface area contributed by atoms with Gasteiger partial charge in [-0.1, -0.05) is 0 Å². The van der Waals surface area contributed by atoms with Crippen molar-refractivity contribution in [3.05, 3.63) is 42.0 Å². The highest BCUT2D eigenvalue weighted by molar-refractivity contribution is 5.74. The molecular formula is C13H12N4O2. The fourth-order valence-corrected chi connectivity index (χ4v) is 1.79. The van der Waals surface area contributed by atoms with Crippen molar-refractivity contribution >= 4 is 17.0 Å². The molecular weight excluding hydrogens is 244 g/mol. The van der Waals surface area contributed by atoms with Crippen LogP contribution in [0.15, 0.2) is 35.0 Å². The first-order valence-electron chi connectivity index (χ1n) is 5.74. The summed E-state index contributed by atoms with van der Waals surface area (Å²) < 4.78 is 10.8. The maximum atomic E-state index is 5.67. The average molecular weight is 256 g/mol. The summed E-state index contributed by atoms with van der Waals surface area (Å²) in [5.74, 6) is 1.61. The van der Waals surface area contributed by atoms with Gasteiger partial charge in [0.15, 0.2) is 11.5 Å². The summed E-state index contributed by atoms with van der Waals surface area (Å²) in [6.45, 7) is 0. The van der Waals surface area contributed by atoms with Crippen LogP contribution >= 0.6 is 0 Å². The van der Waals surface area contributed by atoms with Gasteiger partial charge in [0.1, 0.15) is 11.3 Å². The molecule has 3 rings (SSSR count). The molecule has 0 radical (unpaired) electrons. The lowest BCUT2D eigenvalue weighted by Gasteiger charge is -1.96. The number of nitrogen functional groups attached to an aromatic ring is 1. The van der Waals surface area contributed by atoms with Crippen LogP contribution in [-0.2, 0) is 6.42 Å². The number of anilines is 1. The van der Waals surface area contributed by atoms with E-state index in [4.69, 9.17) is 14.9 Å². The maximum Gasteiger partial charge on any atom is 0.219 e. The van der Waals surface area contributed by atoms with Crippen LogP contribution in [0.2, 0.25) is 0 Å². The quantitative estimate of drug-likeness (QED) is 0.768. The fraction of sp³-hybridized carbons (Fsp3) is 0.154. The molecule has 1 aromatic carbocycles. The zero-order valence-electron chi connectivity index (χ0n) is 10.3. The van der Waals surface area contributed by atoms with Gasteiger partial charge in [-0.05, 0) is 17.7 Å². The highest BCUT2D eigenvalue weighted by Crippen LogP contribution is 2.22. The van der Waals surface area contributed by atoms with Crippen LogP contribution in [0.4, 0.5) is 5.95 Å². The molecule has 0 aliphatic rings. The first-order chi connectivity index (χ1) is 9.24. The van der Waals surface area contributed by atoms with Gasteiger partial charge < -0.3 is 14.9 Å². The summed E-state index contributed by atoms with van der Waals surface area (Å²) in [5, 5.41) is 0.